The quantitative estimate of drug-likeness (QED) is 0.630. The number of Topliss-reactive ketones (excluding diaryl/α,β-unsaturated/α-hetero) is 1. The van der Waals surface area contributed by atoms with E-state index in [0.29, 0.717) is 28.4 Å². The fourth-order valence-corrected chi connectivity index (χ4v) is 2.18. The molecule has 2 rings (SSSR count). The third-order valence-corrected chi connectivity index (χ3v) is 3.49. The van der Waals surface area contributed by atoms with Crippen LogP contribution in [-0.4, -0.2) is 23.3 Å². The van der Waals surface area contributed by atoms with Gasteiger partial charge in [-0.25, -0.2) is 4.98 Å². The Morgan fingerprint density at radius 2 is 2.04 bits per heavy atom. The summed E-state index contributed by atoms with van der Waals surface area (Å²) >= 11 is 11.8. The van der Waals surface area contributed by atoms with Crippen molar-refractivity contribution in [3.05, 3.63) is 52.3 Å². The van der Waals surface area contributed by atoms with Crippen LogP contribution >= 0.6 is 23.2 Å². The maximum atomic E-state index is 11.9. The van der Waals surface area contributed by atoms with Crippen LogP contribution in [0.2, 0.25) is 10.2 Å². The lowest BCUT2D eigenvalue weighted by molar-refractivity contribution is -0.118. The number of ether oxygens (including phenoxy) is 1. The number of rotatable bonds is 6. The molecule has 0 spiro atoms. The summed E-state index contributed by atoms with van der Waals surface area (Å²) in [6.07, 6.45) is 1.83. The molecule has 5 nitrogen and oxygen atoms in total. The van der Waals surface area contributed by atoms with Crippen LogP contribution in [0.4, 0.5) is 5.69 Å². The first kappa shape index (κ1) is 17.2. The van der Waals surface area contributed by atoms with Gasteiger partial charge in [0, 0.05) is 17.6 Å². The Hall–Kier alpha value is -2.11. The molecule has 0 saturated carbocycles. The molecular weight excluding hydrogens is 339 g/mol. The van der Waals surface area contributed by atoms with Crippen molar-refractivity contribution in [2.45, 2.75) is 13.3 Å². The standard InChI is InChI=1S/C16H14Cl2N2O3/c1-2-13(21)11-8-10(17)5-6-14(11)23-9-15(22)20-12-4-3-7-19-16(12)18/h3-8H,2,9H2,1H3,(H,20,22). The molecule has 0 fully saturated rings. The van der Waals surface area contributed by atoms with E-state index in [9.17, 15) is 9.59 Å². The van der Waals surface area contributed by atoms with Crippen molar-refractivity contribution < 1.29 is 14.3 Å². The molecule has 1 aromatic carbocycles. The number of nitrogens with zero attached hydrogens (tertiary/aromatic N) is 1. The monoisotopic (exact) mass is 352 g/mol. The molecule has 0 aliphatic carbocycles. The summed E-state index contributed by atoms with van der Waals surface area (Å²) in [6.45, 7) is 1.47. The minimum Gasteiger partial charge on any atom is -0.483 e. The summed E-state index contributed by atoms with van der Waals surface area (Å²) < 4.78 is 5.43. The van der Waals surface area contributed by atoms with Gasteiger partial charge >= 0.3 is 0 Å². The van der Waals surface area contributed by atoms with E-state index in [1.165, 1.54) is 12.3 Å². The van der Waals surface area contributed by atoms with E-state index in [2.05, 4.69) is 10.3 Å². The Kier molecular flexibility index (Phi) is 5.96. The van der Waals surface area contributed by atoms with Crippen LogP contribution in [0.1, 0.15) is 23.7 Å². The van der Waals surface area contributed by atoms with E-state index in [1.807, 2.05) is 0 Å². The molecule has 1 heterocycles. The second-order valence-electron chi connectivity index (χ2n) is 4.60. The Balaban J connectivity index is 2.05. The van der Waals surface area contributed by atoms with Crippen LogP contribution < -0.4 is 10.1 Å². The minimum absolute atomic E-state index is 0.113. The molecule has 1 amide bonds. The highest BCUT2D eigenvalue weighted by Gasteiger charge is 2.13. The largest absolute Gasteiger partial charge is 0.483 e. The number of pyridine rings is 1. The SMILES string of the molecule is CCC(=O)c1cc(Cl)ccc1OCC(=O)Nc1cccnc1Cl. The summed E-state index contributed by atoms with van der Waals surface area (Å²) in [5.74, 6) is -0.211. The molecule has 1 aromatic heterocycles. The fraction of sp³-hybridized carbons (Fsp3) is 0.188. The average Bonchev–Trinajstić information content (AvgIpc) is 2.55. The van der Waals surface area contributed by atoms with Crippen molar-refractivity contribution in [2.24, 2.45) is 0 Å². The van der Waals surface area contributed by atoms with Crippen LogP contribution in [0.15, 0.2) is 36.5 Å². The maximum absolute atomic E-state index is 11.9. The maximum Gasteiger partial charge on any atom is 0.262 e. The van der Waals surface area contributed by atoms with Crippen LogP contribution in [0, 0.1) is 0 Å². The van der Waals surface area contributed by atoms with Crippen molar-refractivity contribution in [2.75, 3.05) is 11.9 Å². The van der Waals surface area contributed by atoms with Gasteiger partial charge in [0.25, 0.3) is 5.91 Å². The van der Waals surface area contributed by atoms with Gasteiger partial charge in [-0.2, -0.15) is 0 Å². The van der Waals surface area contributed by atoms with Gasteiger partial charge in [-0.05, 0) is 30.3 Å². The molecule has 0 radical (unpaired) electrons. The lowest BCUT2D eigenvalue weighted by Crippen LogP contribution is -2.21. The van der Waals surface area contributed by atoms with Crippen molar-refractivity contribution >= 4 is 40.6 Å². The van der Waals surface area contributed by atoms with Gasteiger partial charge in [0.1, 0.15) is 5.75 Å². The number of benzene rings is 1. The summed E-state index contributed by atoms with van der Waals surface area (Å²) in [6, 6.07) is 7.97. The van der Waals surface area contributed by atoms with E-state index in [-0.39, 0.29) is 17.5 Å². The third-order valence-electron chi connectivity index (χ3n) is 2.96. The molecule has 120 valence electrons. The highest BCUT2D eigenvalue weighted by molar-refractivity contribution is 6.32. The normalized spacial score (nSPS) is 10.2. The summed E-state index contributed by atoms with van der Waals surface area (Å²) in [5, 5.41) is 3.21. The van der Waals surface area contributed by atoms with Gasteiger partial charge in [-0.3, -0.25) is 9.59 Å². The fourth-order valence-electron chi connectivity index (χ4n) is 1.85. The Bertz CT molecular complexity index is 735. The van der Waals surface area contributed by atoms with E-state index in [1.54, 1.807) is 31.2 Å². The lowest BCUT2D eigenvalue weighted by atomic mass is 10.1. The highest BCUT2D eigenvalue weighted by atomic mass is 35.5. The van der Waals surface area contributed by atoms with E-state index >= 15 is 0 Å². The highest BCUT2D eigenvalue weighted by Crippen LogP contribution is 2.24. The zero-order valence-corrected chi connectivity index (χ0v) is 13.8. The average molecular weight is 353 g/mol. The Labute approximate surface area is 143 Å². The van der Waals surface area contributed by atoms with Crippen LogP contribution in [-0.2, 0) is 4.79 Å². The molecule has 2 aromatic rings. The first-order valence-electron chi connectivity index (χ1n) is 6.87. The van der Waals surface area contributed by atoms with Crippen molar-refractivity contribution in [3.8, 4) is 5.75 Å². The van der Waals surface area contributed by atoms with Gasteiger partial charge in [-0.15, -0.1) is 0 Å². The number of halogens is 2. The topological polar surface area (TPSA) is 68.3 Å². The number of hydrogen-bond donors (Lipinski definition) is 1. The number of amides is 1. The predicted molar refractivity (Wildman–Crippen MR) is 89.4 cm³/mol. The number of hydrogen-bond acceptors (Lipinski definition) is 4. The zero-order valence-electron chi connectivity index (χ0n) is 12.3. The minimum atomic E-state index is -0.412. The molecule has 1 N–H and O–H groups in total. The third kappa shape index (κ3) is 4.68. The number of carbonyl (C=O) groups excluding carboxylic acids is 2. The Morgan fingerprint density at radius 3 is 2.74 bits per heavy atom. The Morgan fingerprint density at radius 1 is 1.26 bits per heavy atom. The summed E-state index contributed by atoms with van der Waals surface area (Å²) in [7, 11) is 0. The van der Waals surface area contributed by atoms with Crippen molar-refractivity contribution in [3.63, 3.8) is 0 Å². The van der Waals surface area contributed by atoms with Crippen LogP contribution in [0.3, 0.4) is 0 Å². The molecule has 0 unspecified atom stereocenters. The number of nitrogens with one attached hydrogen (secondary N) is 1. The first-order valence-corrected chi connectivity index (χ1v) is 7.62. The van der Waals surface area contributed by atoms with Gasteiger partial charge < -0.3 is 10.1 Å². The molecule has 7 heteroatoms. The number of anilines is 1. The summed E-state index contributed by atoms with van der Waals surface area (Å²) in [4.78, 5) is 27.7. The number of carbonyl (C=O) groups is 2. The van der Waals surface area contributed by atoms with Crippen LogP contribution in [0.25, 0.3) is 0 Å². The van der Waals surface area contributed by atoms with Gasteiger partial charge in [0.2, 0.25) is 0 Å². The summed E-state index contributed by atoms with van der Waals surface area (Å²) in [5.41, 5.74) is 0.746. The predicted octanol–water partition coefficient (Wildman–Crippen LogP) is 4.00. The zero-order chi connectivity index (χ0) is 16.8. The second-order valence-corrected chi connectivity index (χ2v) is 5.39. The van der Waals surface area contributed by atoms with Gasteiger partial charge in [-0.1, -0.05) is 30.1 Å². The first-order chi connectivity index (χ1) is 11.0. The van der Waals surface area contributed by atoms with Gasteiger partial charge in [0.05, 0.1) is 11.3 Å². The molecule has 0 aliphatic rings. The second kappa shape index (κ2) is 7.94. The molecule has 0 aliphatic heterocycles. The number of aromatic nitrogens is 1. The van der Waals surface area contributed by atoms with Crippen LogP contribution in [0.5, 0.6) is 5.75 Å². The van der Waals surface area contributed by atoms with E-state index in [4.69, 9.17) is 27.9 Å². The number of ketones is 1. The van der Waals surface area contributed by atoms with Gasteiger partial charge in [0.15, 0.2) is 17.5 Å². The molecule has 0 saturated heterocycles. The lowest BCUT2D eigenvalue weighted by Gasteiger charge is -2.11. The van der Waals surface area contributed by atoms with Crippen molar-refractivity contribution in [1.29, 1.82) is 0 Å². The van der Waals surface area contributed by atoms with E-state index < -0.39 is 5.91 Å². The van der Waals surface area contributed by atoms with Crippen molar-refractivity contribution in [1.82, 2.24) is 4.98 Å². The van der Waals surface area contributed by atoms with E-state index in [0.717, 1.165) is 0 Å². The molecular formula is C16H14Cl2N2O3. The molecule has 0 bridgehead atoms. The molecule has 0 atom stereocenters. The smallest absolute Gasteiger partial charge is 0.262 e. The molecule has 23 heavy (non-hydrogen) atoms.